The Hall–Kier alpha value is -4.84. The molecule has 4 rings (SSSR count). The number of hydrazone groups is 1. The summed E-state index contributed by atoms with van der Waals surface area (Å²) < 4.78 is 11.7. The third-order valence-corrected chi connectivity index (χ3v) is 6.83. The van der Waals surface area contributed by atoms with Crippen molar-refractivity contribution < 1.29 is 19.1 Å². The lowest BCUT2D eigenvalue weighted by Crippen LogP contribution is -2.50. The number of halogens is 2. The van der Waals surface area contributed by atoms with Gasteiger partial charge in [0.15, 0.2) is 6.10 Å². The lowest BCUT2D eigenvalue weighted by molar-refractivity contribution is -0.132. The number of benzene rings is 4. The number of rotatable bonds is 12. The molecule has 0 aromatic heterocycles. The molecule has 0 aliphatic rings. The molecule has 0 radical (unpaired) electrons. The van der Waals surface area contributed by atoms with Crippen LogP contribution in [0.5, 0.6) is 11.5 Å². The molecule has 0 aliphatic heterocycles. The molecule has 0 spiro atoms. The first-order valence-electron chi connectivity index (χ1n) is 13.3. The average Bonchev–Trinajstić information content (AvgIpc) is 3.02. The summed E-state index contributed by atoms with van der Waals surface area (Å²) in [5, 5.41) is 16.9. The number of carbonyl (C=O) groups is 2. The van der Waals surface area contributed by atoms with Gasteiger partial charge in [-0.25, -0.2) is 5.43 Å². The molecule has 0 heterocycles. The largest absolute Gasteiger partial charge is 0.488 e. The molecular weight excluding hydrogens is 587 g/mol. The van der Waals surface area contributed by atoms with E-state index < -0.39 is 24.0 Å². The summed E-state index contributed by atoms with van der Waals surface area (Å²) in [6.45, 7) is 1.75. The summed E-state index contributed by atoms with van der Waals surface area (Å²) >= 11 is 12.1. The van der Waals surface area contributed by atoms with E-state index in [2.05, 4.69) is 21.9 Å². The molecule has 0 bridgehead atoms. The summed E-state index contributed by atoms with van der Waals surface area (Å²) in [6.07, 6.45) is 0.725. The highest BCUT2D eigenvalue weighted by atomic mass is 35.5. The van der Waals surface area contributed by atoms with Crippen LogP contribution in [0, 0.1) is 11.3 Å². The van der Waals surface area contributed by atoms with E-state index in [9.17, 15) is 14.9 Å². The Bertz CT molecular complexity index is 1640. The summed E-state index contributed by atoms with van der Waals surface area (Å²) in [6, 6.07) is 29.6. The van der Waals surface area contributed by atoms with Gasteiger partial charge >= 0.3 is 0 Å². The quantitative estimate of drug-likeness (QED) is 0.148. The molecule has 0 fully saturated rings. The fraction of sp³-hybridized carbons (Fsp3) is 0.152. The zero-order valence-electron chi connectivity index (χ0n) is 23.2. The van der Waals surface area contributed by atoms with Crippen LogP contribution in [-0.2, 0) is 22.6 Å². The number of nitrogens with zero attached hydrogens (tertiary/aromatic N) is 2. The van der Waals surface area contributed by atoms with Crippen LogP contribution in [0.25, 0.3) is 0 Å². The Labute approximate surface area is 259 Å². The van der Waals surface area contributed by atoms with E-state index in [1.54, 1.807) is 43.3 Å². The normalized spacial score (nSPS) is 12.1. The van der Waals surface area contributed by atoms with Crippen LogP contribution < -0.4 is 20.2 Å². The second kappa shape index (κ2) is 15.4. The van der Waals surface area contributed by atoms with Crippen LogP contribution >= 0.6 is 23.2 Å². The molecule has 0 aliphatic carbocycles. The van der Waals surface area contributed by atoms with E-state index >= 15 is 0 Å². The van der Waals surface area contributed by atoms with Crippen molar-refractivity contribution in [1.82, 2.24) is 10.7 Å². The standard InChI is InChI=1S/C33H28Cl2N4O4/c1-22(43-31-16-15-27(34)18-28(31)35)32(40)38-29(17-23-9-3-2-4-10-23)33(41)39-37-20-25-12-7-8-14-30(25)42-21-26-13-6-5-11-24(26)19-36/h2-16,18,20,22,29H,17,21H2,1H3,(H,38,40)(H,39,41)/b37-20-/t22-,29-/m0/s1. The van der Waals surface area contributed by atoms with Crippen LogP contribution in [0.4, 0.5) is 0 Å². The molecule has 0 saturated carbocycles. The second-order valence-corrected chi connectivity index (χ2v) is 10.3. The number of hydrogen-bond donors (Lipinski definition) is 2. The van der Waals surface area contributed by atoms with Gasteiger partial charge in [-0.3, -0.25) is 9.59 Å². The molecule has 2 atom stereocenters. The van der Waals surface area contributed by atoms with Crippen LogP contribution in [0.1, 0.15) is 29.2 Å². The molecule has 218 valence electrons. The first-order valence-corrected chi connectivity index (χ1v) is 14.1. The molecule has 0 unspecified atom stereocenters. The highest BCUT2D eigenvalue weighted by molar-refractivity contribution is 6.35. The van der Waals surface area contributed by atoms with E-state index in [1.165, 1.54) is 12.3 Å². The van der Waals surface area contributed by atoms with Crippen LogP contribution in [0.15, 0.2) is 102 Å². The predicted octanol–water partition coefficient (Wildman–Crippen LogP) is 6.09. The van der Waals surface area contributed by atoms with Gasteiger partial charge in [-0.2, -0.15) is 10.4 Å². The number of amides is 2. The van der Waals surface area contributed by atoms with E-state index in [-0.39, 0.29) is 18.1 Å². The molecule has 4 aromatic carbocycles. The van der Waals surface area contributed by atoms with Gasteiger partial charge in [0.25, 0.3) is 11.8 Å². The summed E-state index contributed by atoms with van der Waals surface area (Å²) in [4.78, 5) is 26.3. The highest BCUT2D eigenvalue weighted by Crippen LogP contribution is 2.28. The number of nitriles is 1. The minimum Gasteiger partial charge on any atom is -0.488 e. The van der Waals surface area contributed by atoms with Crippen molar-refractivity contribution in [3.05, 3.63) is 129 Å². The first kappa shape index (κ1) is 31.1. The molecule has 4 aromatic rings. The summed E-state index contributed by atoms with van der Waals surface area (Å²) in [7, 11) is 0. The summed E-state index contributed by atoms with van der Waals surface area (Å²) in [5.41, 5.74) is 5.26. The maximum absolute atomic E-state index is 13.2. The summed E-state index contributed by atoms with van der Waals surface area (Å²) in [5.74, 6) is -0.220. The Balaban J connectivity index is 1.43. The molecule has 43 heavy (non-hydrogen) atoms. The Morgan fingerprint density at radius 1 is 0.930 bits per heavy atom. The lowest BCUT2D eigenvalue weighted by atomic mass is 10.1. The zero-order valence-corrected chi connectivity index (χ0v) is 24.7. The fourth-order valence-corrected chi connectivity index (χ4v) is 4.49. The van der Waals surface area contributed by atoms with Crippen molar-refractivity contribution in [1.29, 1.82) is 5.26 Å². The predicted molar refractivity (Wildman–Crippen MR) is 166 cm³/mol. The van der Waals surface area contributed by atoms with Crippen molar-refractivity contribution in [3.8, 4) is 17.6 Å². The zero-order chi connectivity index (χ0) is 30.6. The smallest absolute Gasteiger partial charge is 0.262 e. The Kier molecular flexibility index (Phi) is 11.1. The highest BCUT2D eigenvalue weighted by Gasteiger charge is 2.25. The fourth-order valence-electron chi connectivity index (χ4n) is 4.04. The third kappa shape index (κ3) is 9.07. The second-order valence-electron chi connectivity index (χ2n) is 9.42. The van der Waals surface area contributed by atoms with Crippen molar-refractivity contribution >= 4 is 41.2 Å². The van der Waals surface area contributed by atoms with Gasteiger partial charge in [0.2, 0.25) is 0 Å². The topological polar surface area (TPSA) is 113 Å². The van der Waals surface area contributed by atoms with Crippen LogP contribution in [0.3, 0.4) is 0 Å². The van der Waals surface area contributed by atoms with Gasteiger partial charge in [0.05, 0.1) is 22.9 Å². The van der Waals surface area contributed by atoms with Crippen molar-refractivity contribution in [2.75, 3.05) is 0 Å². The van der Waals surface area contributed by atoms with Gasteiger partial charge in [0.1, 0.15) is 24.1 Å². The van der Waals surface area contributed by atoms with E-state index in [4.69, 9.17) is 32.7 Å². The van der Waals surface area contributed by atoms with Crippen molar-refractivity contribution in [2.45, 2.75) is 32.1 Å². The molecular formula is C33H28Cl2N4O4. The minimum absolute atomic E-state index is 0.188. The van der Waals surface area contributed by atoms with E-state index in [0.717, 1.165) is 11.1 Å². The molecule has 10 heteroatoms. The van der Waals surface area contributed by atoms with Gasteiger partial charge in [-0.05, 0) is 48.9 Å². The molecule has 0 saturated heterocycles. The van der Waals surface area contributed by atoms with Gasteiger partial charge in [-0.1, -0.05) is 83.9 Å². The maximum atomic E-state index is 13.2. The monoisotopic (exact) mass is 614 g/mol. The molecule has 8 nitrogen and oxygen atoms in total. The Morgan fingerprint density at radius 3 is 2.42 bits per heavy atom. The van der Waals surface area contributed by atoms with Gasteiger partial charge in [0, 0.05) is 22.6 Å². The minimum atomic E-state index is -0.955. The van der Waals surface area contributed by atoms with Gasteiger partial charge in [-0.15, -0.1) is 0 Å². The van der Waals surface area contributed by atoms with E-state index in [1.807, 2.05) is 54.6 Å². The number of carbonyl (C=O) groups excluding carboxylic acids is 2. The number of nitrogens with one attached hydrogen (secondary N) is 2. The lowest BCUT2D eigenvalue weighted by Gasteiger charge is -2.21. The number of hydrogen-bond acceptors (Lipinski definition) is 6. The van der Waals surface area contributed by atoms with Crippen LogP contribution in [-0.4, -0.2) is 30.2 Å². The first-order chi connectivity index (χ1) is 20.8. The SMILES string of the molecule is C[C@H](Oc1ccc(Cl)cc1Cl)C(=O)N[C@@H](Cc1ccccc1)C(=O)N/N=C\c1ccccc1OCc1ccccc1C#N. The molecule has 2 amide bonds. The van der Waals surface area contributed by atoms with Crippen LogP contribution in [0.2, 0.25) is 10.0 Å². The van der Waals surface area contributed by atoms with Crippen molar-refractivity contribution in [2.24, 2.45) is 5.10 Å². The third-order valence-electron chi connectivity index (χ3n) is 6.30. The van der Waals surface area contributed by atoms with Crippen molar-refractivity contribution in [3.63, 3.8) is 0 Å². The molecule has 2 N–H and O–H groups in total. The van der Waals surface area contributed by atoms with E-state index in [0.29, 0.717) is 27.6 Å². The number of ether oxygens (including phenoxy) is 2. The van der Waals surface area contributed by atoms with Gasteiger partial charge < -0.3 is 14.8 Å². The Morgan fingerprint density at radius 2 is 1.65 bits per heavy atom. The maximum Gasteiger partial charge on any atom is 0.262 e. The number of para-hydroxylation sites is 1. The average molecular weight is 616 g/mol.